The highest BCUT2D eigenvalue weighted by atomic mass is 15.2. The van der Waals surface area contributed by atoms with E-state index in [0.29, 0.717) is 6.04 Å². The minimum Gasteiger partial charge on any atom is -0.370 e. The molecular formula is C14H25N5. The van der Waals surface area contributed by atoms with E-state index in [4.69, 9.17) is 0 Å². The Kier molecular flexibility index (Phi) is 4.96. The van der Waals surface area contributed by atoms with Crippen molar-refractivity contribution in [3.63, 3.8) is 0 Å². The van der Waals surface area contributed by atoms with Crippen molar-refractivity contribution in [1.29, 1.82) is 0 Å². The van der Waals surface area contributed by atoms with Crippen LogP contribution in [0.3, 0.4) is 0 Å². The molecule has 19 heavy (non-hydrogen) atoms. The summed E-state index contributed by atoms with van der Waals surface area (Å²) in [5.74, 6) is 2.63. The molecule has 0 saturated carbocycles. The van der Waals surface area contributed by atoms with Gasteiger partial charge in [-0.25, -0.2) is 9.97 Å². The van der Waals surface area contributed by atoms with Gasteiger partial charge in [0.15, 0.2) is 0 Å². The van der Waals surface area contributed by atoms with E-state index in [1.165, 1.54) is 19.4 Å². The van der Waals surface area contributed by atoms with Gasteiger partial charge in [0.2, 0.25) is 0 Å². The highest BCUT2D eigenvalue weighted by Gasteiger charge is 2.22. The molecule has 0 bridgehead atoms. The number of nitrogens with zero attached hydrogens (tertiary/aromatic N) is 3. The second-order valence-electron chi connectivity index (χ2n) is 5.02. The first-order chi connectivity index (χ1) is 9.22. The topological polar surface area (TPSA) is 53.1 Å². The van der Waals surface area contributed by atoms with E-state index in [9.17, 15) is 0 Å². The van der Waals surface area contributed by atoms with Crippen molar-refractivity contribution >= 4 is 11.6 Å². The molecule has 0 aliphatic carbocycles. The Balaban J connectivity index is 1.95. The van der Waals surface area contributed by atoms with Crippen LogP contribution in [0.2, 0.25) is 0 Å². The van der Waals surface area contributed by atoms with Gasteiger partial charge in [0.25, 0.3) is 0 Å². The van der Waals surface area contributed by atoms with Crippen molar-refractivity contribution in [2.45, 2.75) is 39.7 Å². The molecule has 106 valence electrons. The summed E-state index contributed by atoms with van der Waals surface area (Å²) in [5, 5.41) is 6.69. The Bertz CT molecular complexity index is 407. The molecule has 2 N–H and O–H groups in total. The van der Waals surface area contributed by atoms with Crippen molar-refractivity contribution in [3.8, 4) is 0 Å². The van der Waals surface area contributed by atoms with Crippen LogP contribution < -0.4 is 10.6 Å². The number of aromatic nitrogens is 2. The highest BCUT2D eigenvalue weighted by Crippen LogP contribution is 2.18. The number of likely N-dealkylation sites (tertiary alicyclic amines) is 1. The molecule has 1 aliphatic rings. The van der Waals surface area contributed by atoms with E-state index in [1.54, 1.807) is 0 Å². The third-order valence-corrected chi connectivity index (χ3v) is 3.62. The lowest BCUT2D eigenvalue weighted by atomic mass is 10.2. The van der Waals surface area contributed by atoms with Gasteiger partial charge in [-0.1, -0.05) is 6.92 Å². The standard InChI is InChI=1S/C14H25N5/c1-4-15-13-9-14(18-11(3)17-13)16-10-12-7-6-8-19(12)5-2/h9,12H,4-8,10H2,1-3H3,(H2,15,16,17,18). The van der Waals surface area contributed by atoms with Crippen LogP contribution in [0.15, 0.2) is 6.07 Å². The number of aryl methyl sites for hydroxylation is 1. The Hall–Kier alpha value is -1.36. The van der Waals surface area contributed by atoms with Gasteiger partial charge in [0.1, 0.15) is 17.5 Å². The van der Waals surface area contributed by atoms with E-state index in [2.05, 4.69) is 39.3 Å². The molecule has 1 fully saturated rings. The summed E-state index contributed by atoms with van der Waals surface area (Å²) in [7, 11) is 0. The van der Waals surface area contributed by atoms with E-state index < -0.39 is 0 Å². The lowest BCUT2D eigenvalue weighted by Gasteiger charge is -2.23. The fraction of sp³-hybridized carbons (Fsp3) is 0.714. The molecule has 5 nitrogen and oxygen atoms in total. The Morgan fingerprint density at radius 3 is 2.68 bits per heavy atom. The average molecular weight is 263 g/mol. The first-order valence-electron chi connectivity index (χ1n) is 7.30. The molecule has 1 aliphatic heterocycles. The van der Waals surface area contributed by atoms with Gasteiger partial charge in [-0.3, -0.25) is 4.90 Å². The second-order valence-corrected chi connectivity index (χ2v) is 5.02. The van der Waals surface area contributed by atoms with E-state index in [0.717, 1.165) is 37.1 Å². The fourth-order valence-corrected chi connectivity index (χ4v) is 2.69. The van der Waals surface area contributed by atoms with Crippen LogP contribution >= 0.6 is 0 Å². The largest absolute Gasteiger partial charge is 0.370 e. The fourth-order valence-electron chi connectivity index (χ4n) is 2.69. The van der Waals surface area contributed by atoms with Crippen molar-refractivity contribution < 1.29 is 0 Å². The summed E-state index contributed by atoms with van der Waals surface area (Å²) in [5.41, 5.74) is 0. The number of hydrogen-bond acceptors (Lipinski definition) is 5. The summed E-state index contributed by atoms with van der Waals surface area (Å²) in [6.45, 7) is 10.4. The van der Waals surface area contributed by atoms with Crippen LogP contribution in [0, 0.1) is 6.92 Å². The van der Waals surface area contributed by atoms with Crippen LogP contribution in [0.1, 0.15) is 32.5 Å². The van der Waals surface area contributed by atoms with Crippen LogP contribution in [0.5, 0.6) is 0 Å². The van der Waals surface area contributed by atoms with Crippen molar-refractivity contribution in [3.05, 3.63) is 11.9 Å². The second kappa shape index (κ2) is 6.70. The first-order valence-corrected chi connectivity index (χ1v) is 7.30. The highest BCUT2D eigenvalue weighted by molar-refractivity contribution is 5.47. The maximum absolute atomic E-state index is 4.45. The molecule has 1 aromatic rings. The average Bonchev–Trinajstić information content (AvgIpc) is 2.83. The zero-order valence-corrected chi connectivity index (χ0v) is 12.2. The summed E-state index contributed by atoms with van der Waals surface area (Å²) in [6.07, 6.45) is 2.59. The maximum atomic E-state index is 4.45. The van der Waals surface area contributed by atoms with Gasteiger partial charge >= 0.3 is 0 Å². The normalized spacial score (nSPS) is 19.6. The molecule has 2 rings (SSSR count). The SMILES string of the molecule is CCNc1cc(NCC2CCCN2CC)nc(C)n1. The van der Waals surface area contributed by atoms with Gasteiger partial charge in [-0.2, -0.15) is 0 Å². The van der Waals surface area contributed by atoms with Crippen molar-refractivity contribution in [1.82, 2.24) is 14.9 Å². The number of hydrogen-bond donors (Lipinski definition) is 2. The van der Waals surface area contributed by atoms with Crippen LogP contribution in [0.4, 0.5) is 11.6 Å². The zero-order valence-electron chi connectivity index (χ0n) is 12.2. The first kappa shape index (κ1) is 14.1. The Morgan fingerprint density at radius 2 is 2.00 bits per heavy atom. The van der Waals surface area contributed by atoms with E-state index in [-0.39, 0.29) is 0 Å². The van der Waals surface area contributed by atoms with Crippen molar-refractivity contribution in [2.24, 2.45) is 0 Å². The number of anilines is 2. The third kappa shape index (κ3) is 3.80. The summed E-state index contributed by atoms with van der Waals surface area (Å²) < 4.78 is 0. The predicted octanol–water partition coefficient (Wildman–Crippen LogP) is 2.11. The molecule has 0 radical (unpaired) electrons. The minimum absolute atomic E-state index is 0.642. The molecular weight excluding hydrogens is 238 g/mol. The van der Waals surface area contributed by atoms with Gasteiger partial charge in [0, 0.05) is 25.2 Å². The zero-order chi connectivity index (χ0) is 13.7. The lowest BCUT2D eigenvalue weighted by molar-refractivity contribution is 0.277. The molecule has 0 amide bonds. The van der Waals surface area contributed by atoms with Crippen LogP contribution in [-0.2, 0) is 0 Å². The van der Waals surface area contributed by atoms with Crippen molar-refractivity contribution in [2.75, 3.05) is 36.8 Å². The molecule has 2 heterocycles. The molecule has 1 aromatic heterocycles. The molecule has 1 unspecified atom stereocenters. The molecule has 1 atom stereocenters. The molecule has 1 saturated heterocycles. The monoisotopic (exact) mass is 263 g/mol. The van der Waals surface area contributed by atoms with Gasteiger partial charge < -0.3 is 10.6 Å². The van der Waals surface area contributed by atoms with E-state index >= 15 is 0 Å². The maximum Gasteiger partial charge on any atom is 0.131 e. The Morgan fingerprint density at radius 1 is 1.26 bits per heavy atom. The molecule has 5 heteroatoms. The van der Waals surface area contributed by atoms with Gasteiger partial charge in [-0.05, 0) is 39.8 Å². The lowest BCUT2D eigenvalue weighted by Crippen LogP contribution is -2.34. The Labute approximate surface area is 115 Å². The number of nitrogens with one attached hydrogen (secondary N) is 2. The quantitative estimate of drug-likeness (QED) is 0.823. The van der Waals surface area contributed by atoms with Crippen LogP contribution in [0.25, 0.3) is 0 Å². The van der Waals surface area contributed by atoms with Gasteiger partial charge in [-0.15, -0.1) is 0 Å². The predicted molar refractivity (Wildman–Crippen MR) is 79.7 cm³/mol. The summed E-state index contributed by atoms with van der Waals surface area (Å²) >= 11 is 0. The van der Waals surface area contributed by atoms with Gasteiger partial charge in [0.05, 0.1) is 0 Å². The number of rotatable bonds is 6. The van der Waals surface area contributed by atoms with E-state index in [1.807, 2.05) is 13.0 Å². The summed E-state index contributed by atoms with van der Waals surface area (Å²) in [4.78, 5) is 11.3. The minimum atomic E-state index is 0.642. The smallest absolute Gasteiger partial charge is 0.131 e. The number of likely N-dealkylation sites (N-methyl/N-ethyl adjacent to an activating group) is 1. The van der Waals surface area contributed by atoms with Crippen LogP contribution in [-0.4, -0.2) is 47.1 Å². The molecule has 0 spiro atoms. The molecule has 0 aromatic carbocycles. The summed E-state index contributed by atoms with van der Waals surface area (Å²) in [6, 6.07) is 2.63. The third-order valence-electron chi connectivity index (χ3n) is 3.62.